The maximum absolute atomic E-state index is 13.1. The van der Waals surface area contributed by atoms with Gasteiger partial charge < -0.3 is 9.47 Å². The molecule has 2 aromatic carbocycles. The van der Waals surface area contributed by atoms with E-state index in [0.29, 0.717) is 23.3 Å². The van der Waals surface area contributed by atoms with Crippen LogP contribution in [-0.4, -0.2) is 51.4 Å². The number of fused-ring (bicyclic) bond motifs is 1. The van der Waals surface area contributed by atoms with Gasteiger partial charge in [-0.1, -0.05) is 30.3 Å². The van der Waals surface area contributed by atoms with Gasteiger partial charge in [-0.3, -0.25) is 13.7 Å². The highest BCUT2D eigenvalue weighted by Crippen LogP contribution is 2.30. The molecule has 0 radical (unpaired) electrons. The molecule has 1 aromatic heterocycles. The van der Waals surface area contributed by atoms with E-state index in [1.54, 1.807) is 55.5 Å². The van der Waals surface area contributed by atoms with Crippen molar-refractivity contribution in [2.75, 3.05) is 30.8 Å². The van der Waals surface area contributed by atoms with Gasteiger partial charge in [-0.05, 0) is 25.1 Å². The standard InChI is InChI=1S/C21H22N2O6S/c1-4-29-19-12-8-7-11-18(19)23(30(3,26)27)14-20(24)22-13-16(21(25)28-2)15-9-5-6-10-17(15)22/h5-13H,4,14H2,1-3H3. The third kappa shape index (κ3) is 4.16. The Hall–Kier alpha value is -3.33. The number of esters is 1. The zero-order valence-corrected chi connectivity index (χ0v) is 17.7. The number of hydrogen-bond acceptors (Lipinski definition) is 6. The Labute approximate surface area is 174 Å². The average Bonchev–Trinajstić information content (AvgIpc) is 3.11. The van der Waals surface area contributed by atoms with Crippen molar-refractivity contribution in [1.29, 1.82) is 0 Å². The van der Waals surface area contributed by atoms with E-state index in [0.717, 1.165) is 10.6 Å². The summed E-state index contributed by atoms with van der Waals surface area (Å²) in [5.74, 6) is -0.761. The molecule has 30 heavy (non-hydrogen) atoms. The number of carbonyl (C=O) groups is 2. The van der Waals surface area contributed by atoms with Crippen LogP contribution in [0.3, 0.4) is 0 Å². The minimum Gasteiger partial charge on any atom is -0.492 e. The lowest BCUT2D eigenvalue weighted by Crippen LogP contribution is -2.37. The second kappa shape index (κ2) is 8.58. The summed E-state index contributed by atoms with van der Waals surface area (Å²) in [7, 11) is -2.55. The first kappa shape index (κ1) is 21.4. The molecule has 0 unspecified atom stereocenters. The first-order valence-corrected chi connectivity index (χ1v) is 11.0. The molecule has 0 atom stereocenters. The quantitative estimate of drug-likeness (QED) is 0.535. The normalized spacial score (nSPS) is 11.3. The molecule has 0 amide bonds. The topological polar surface area (TPSA) is 94.9 Å². The summed E-state index contributed by atoms with van der Waals surface area (Å²) < 4.78 is 37.6. The van der Waals surface area contributed by atoms with Gasteiger partial charge in [0, 0.05) is 11.6 Å². The maximum atomic E-state index is 13.1. The highest BCUT2D eigenvalue weighted by Gasteiger charge is 2.26. The summed E-state index contributed by atoms with van der Waals surface area (Å²) in [6.45, 7) is 1.66. The first-order valence-electron chi connectivity index (χ1n) is 9.19. The minimum absolute atomic E-state index is 0.224. The first-order chi connectivity index (χ1) is 14.3. The average molecular weight is 430 g/mol. The molecule has 0 aliphatic heterocycles. The molecule has 1 heterocycles. The van der Waals surface area contributed by atoms with Crippen molar-refractivity contribution in [3.8, 4) is 5.75 Å². The van der Waals surface area contributed by atoms with Gasteiger partial charge in [0.1, 0.15) is 12.3 Å². The lowest BCUT2D eigenvalue weighted by molar-refractivity contribution is 0.0603. The van der Waals surface area contributed by atoms with Crippen LogP contribution in [0, 0.1) is 0 Å². The second-order valence-electron chi connectivity index (χ2n) is 6.49. The third-order valence-corrected chi connectivity index (χ3v) is 5.63. The molecular formula is C21H22N2O6S. The highest BCUT2D eigenvalue weighted by atomic mass is 32.2. The molecule has 158 valence electrons. The molecule has 0 saturated heterocycles. The van der Waals surface area contributed by atoms with E-state index < -0.39 is 28.4 Å². The smallest absolute Gasteiger partial charge is 0.340 e. The molecule has 3 aromatic rings. The molecule has 0 spiro atoms. The van der Waals surface area contributed by atoms with Crippen molar-refractivity contribution < 1.29 is 27.5 Å². The van der Waals surface area contributed by atoms with E-state index >= 15 is 0 Å². The summed E-state index contributed by atoms with van der Waals surface area (Å²) in [5.41, 5.74) is 0.969. The number of methoxy groups -OCH3 is 1. The molecule has 3 rings (SSSR count). The van der Waals surface area contributed by atoms with Crippen LogP contribution in [0.1, 0.15) is 22.1 Å². The molecule has 0 saturated carbocycles. The van der Waals surface area contributed by atoms with Crippen LogP contribution < -0.4 is 9.04 Å². The Morgan fingerprint density at radius 2 is 1.73 bits per heavy atom. The van der Waals surface area contributed by atoms with Gasteiger partial charge in [-0.25, -0.2) is 13.2 Å². The van der Waals surface area contributed by atoms with Gasteiger partial charge in [0.2, 0.25) is 10.0 Å². The molecular weight excluding hydrogens is 408 g/mol. The largest absolute Gasteiger partial charge is 0.492 e. The molecule has 0 fully saturated rings. The van der Waals surface area contributed by atoms with Gasteiger partial charge in [0.15, 0.2) is 0 Å². The Balaban J connectivity index is 2.06. The number of anilines is 1. The van der Waals surface area contributed by atoms with Crippen LogP contribution in [0.4, 0.5) is 5.69 Å². The van der Waals surface area contributed by atoms with Crippen molar-refractivity contribution >= 4 is 38.5 Å². The minimum atomic E-state index is -3.80. The van der Waals surface area contributed by atoms with Crippen molar-refractivity contribution in [3.63, 3.8) is 0 Å². The van der Waals surface area contributed by atoms with Gasteiger partial charge in [0.05, 0.1) is 36.7 Å². The van der Waals surface area contributed by atoms with Crippen molar-refractivity contribution in [3.05, 3.63) is 60.3 Å². The van der Waals surface area contributed by atoms with Crippen LogP contribution in [0.5, 0.6) is 5.75 Å². The van der Waals surface area contributed by atoms with Crippen LogP contribution in [0.2, 0.25) is 0 Å². The van der Waals surface area contributed by atoms with E-state index in [4.69, 9.17) is 9.47 Å². The van der Waals surface area contributed by atoms with E-state index in [9.17, 15) is 18.0 Å². The highest BCUT2D eigenvalue weighted by molar-refractivity contribution is 7.92. The van der Waals surface area contributed by atoms with Crippen LogP contribution in [0.15, 0.2) is 54.7 Å². The number of rotatable bonds is 7. The Bertz CT molecular complexity index is 1200. The fraction of sp³-hybridized carbons (Fsp3) is 0.238. The monoisotopic (exact) mass is 430 g/mol. The Kier molecular flexibility index (Phi) is 6.12. The predicted octanol–water partition coefficient (Wildman–Crippen LogP) is 2.93. The van der Waals surface area contributed by atoms with E-state index in [1.807, 2.05) is 0 Å². The van der Waals surface area contributed by atoms with E-state index in [2.05, 4.69) is 0 Å². The molecule has 9 heteroatoms. The SMILES string of the molecule is CCOc1ccccc1N(CC(=O)n1cc(C(=O)OC)c2ccccc21)S(C)(=O)=O. The lowest BCUT2D eigenvalue weighted by Gasteiger charge is -2.24. The maximum Gasteiger partial charge on any atom is 0.340 e. The summed E-state index contributed by atoms with van der Waals surface area (Å²) >= 11 is 0. The third-order valence-electron chi connectivity index (χ3n) is 4.50. The molecule has 0 aliphatic carbocycles. The Morgan fingerprint density at radius 3 is 2.40 bits per heavy atom. The number of hydrogen-bond donors (Lipinski definition) is 0. The fourth-order valence-electron chi connectivity index (χ4n) is 3.18. The van der Waals surface area contributed by atoms with Gasteiger partial charge in [-0.15, -0.1) is 0 Å². The van der Waals surface area contributed by atoms with E-state index in [1.165, 1.54) is 17.9 Å². The number of nitrogens with zero attached hydrogens (tertiary/aromatic N) is 2. The predicted molar refractivity (Wildman–Crippen MR) is 114 cm³/mol. The van der Waals surface area contributed by atoms with E-state index in [-0.39, 0.29) is 11.3 Å². The molecule has 8 nitrogen and oxygen atoms in total. The molecule has 0 N–H and O–H groups in total. The number of para-hydroxylation sites is 3. The van der Waals surface area contributed by atoms with Gasteiger partial charge in [-0.2, -0.15) is 0 Å². The Morgan fingerprint density at radius 1 is 1.07 bits per heavy atom. The second-order valence-corrected chi connectivity index (χ2v) is 8.39. The van der Waals surface area contributed by atoms with Gasteiger partial charge >= 0.3 is 5.97 Å². The zero-order chi connectivity index (χ0) is 21.9. The summed E-state index contributed by atoms with van der Waals surface area (Å²) in [6.07, 6.45) is 2.39. The number of carbonyl (C=O) groups excluding carboxylic acids is 2. The fourth-order valence-corrected chi connectivity index (χ4v) is 4.03. The van der Waals surface area contributed by atoms with Crippen LogP contribution in [-0.2, 0) is 14.8 Å². The number of ether oxygens (including phenoxy) is 2. The van der Waals surface area contributed by atoms with Crippen LogP contribution in [0.25, 0.3) is 10.9 Å². The summed E-state index contributed by atoms with van der Waals surface area (Å²) in [5, 5.41) is 0.540. The number of sulfonamides is 1. The molecule has 0 aliphatic rings. The van der Waals surface area contributed by atoms with Crippen LogP contribution >= 0.6 is 0 Å². The van der Waals surface area contributed by atoms with Gasteiger partial charge in [0.25, 0.3) is 5.91 Å². The van der Waals surface area contributed by atoms with Crippen molar-refractivity contribution in [1.82, 2.24) is 4.57 Å². The lowest BCUT2D eigenvalue weighted by atomic mass is 10.2. The zero-order valence-electron chi connectivity index (χ0n) is 16.9. The van der Waals surface area contributed by atoms with Crippen molar-refractivity contribution in [2.45, 2.75) is 6.92 Å². The summed E-state index contributed by atoms with van der Waals surface area (Å²) in [4.78, 5) is 25.3. The summed E-state index contributed by atoms with van der Waals surface area (Å²) in [6, 6.07) is 13.5. The van der Waals surface area contributed by atoms with Crippen molar-refractivity contribution in [2.24, 2.45) is 0 Å². The molecule has 0 bridgehead atoms. The number of aromatic nitrogens is 1. The number of benzene rings is 2.